The Morgan fingerprint density at radius 3 is 2.36 bits per heavy atom. The Hall–Kier alpha value is -2.66. The van der Waals surface area contributed by atoms with Crippen molar-refractivity contribution in [3.63, 3.8) is 0 Å². The molecular formula is C20H22N2O3. The van der Waals surface area contributed by atoms with E-state index in [9.17, 15) is 14.7 Å². The van der Waals surface area contributed by atoms with Gasteiger partial charge >= 0.3 is 5.97 Å². The van der Waals surface area contributed by atoms with E-state index in [0.717, 1.165) is 13.0 Å². The quantitative estimate of drug-likeness (QED) is 0.878. The number of benzene rings is 2. The van der Waals surface area contributed by atoms with E-state index in [1.807, 2.05) is 25.1 Å². The summed E-state index contributed by atoms with van der Waals surface area (Å²) in [4.78, 5) is 26.3. The minimum Gasteiger partial charge on any atom is -0.479 e. The van der Waals surface area contributed by atoms with E-state index in [0.29, 0.717) is 12.1 Å². The predicted octanol–water partition coefficient (Wildman–Crippen LogP) is 2.38. The topological polar surface area (TPSA) is 69.6 Å². The number of nitrogens with zero attached hydrogens (tertiary/aromatic N) is 1. The average Bonchev–Trinajstić information content (AvgIpc) is 2.65. The molecule has 0 saturated heterocycles. The number of amides is 1. The summed E-state index contributed by atoms with van der Waals surface area (Å²) in [7, 11) is 0. The van der Waals surface area contributed by atoms with Crippen LogP contribution < -0.4 is 5.32 Å². The summed E-state index contributed by atoms with van der Waals surface area (Å²) in [6.45, 7) is 3.32. The summed E-state index contributed by atoms with van der Waals surface area (Å²) in [6.07, 6.45) is 0.898. The molecule has 2 atom stereocenters. The van der Waals surface area contributed by atoms with Gasteiger partial charge in [-0.25, -0.2) is 4.79 Å². The lowest BCUT2D eigenvalue weighted by Crippen LogP contribution is -2.48. The molecule has 0 saturated carbocycles. The Kier molecular flexibility index (Phi) is 5.14. The summed E-state index contributed by atoms with van der Waals surface area (Å²) in [5, 5.41) is 12.1. The molecule has 5 heteroatoms. The SMILES string of the molecule is CC(C(=O)N[C@@H](C(=O)O)c1ccccc1)N1CCc2ccccc2C1. The molecule has 2 aromatic carbocycles. The van der Waals surface area contributed by atoms with E-state index in [4.69, 9.17) is 0 Å². The molecule has 0 aliphatic carbocycles. The number of carbonyl (C=O) groups is 2. The van der Waals surface area contributed by atoms with E-state index in [1.54, 1.807) is 24.3 Å². The van der Waals surface area contributed by atoms with Gasteiger partial charge in [0.2, 0.25) is 5.91 Å². The second-order valence-corrected chi connectivity index (χ2v) is 6.36. The Bertz CT molecular complexity index is 761. The molecule has 5 nitrogen and oxygen atoms in total. The Morgan fingerprint density at radius 1 is 1.04 bits per heavy atom. The number of aliphatic carboxylic acids is 1. The van der Waals surface area contributed by atoms with Crippen LogP contribution in [0.1, 0.15) is 29.7 Å². The van der Waals surface area contributed by atoms with Crippen molar-refractivity contribution in [1.29, 1.82) is 0 Å². The van der Waals surface area contributed by atoms with Crippen LogP contribution in [-0.2, 0) is 22.6 Å². The lowest BCUT2D eigenvalue weighted by atomic mass is 9.98. The molecule has 1 heterocycles. The molecular weight excluding hydrogens is 316 g/mol. The van der Waals surface area contributed by atoms with E-state index in [2.05, 4.69) is 22.3 Å². The Balaban J connectivity index is 1.69. The number of carboxylic acids is 1. The molecule has 0 fully saturated rings. The van der Waals surface area contributed by atoms with Crippen molar-refractivity contribution in [1.82, 2.24) is 10.2 Å². The van der Waals surface area contributed by atoms with Crippen molar-refractivity contribution in [2.45, 2.75) is 32.0 Å². The third kappa shape index (κ3) is 3.88. The molecule has 0 spiro atoms. The van der Waals surface area contributed by atoms with E-state index >= 15 is 0 Å². The first-order chi connectivity index (χ1) is 12.1. The van der Waals surface area contributed by atoms with Gasteiger partial charge in [-0.2, -0.15) is 0 Å². The highest BCUT2D eigenvalue weighted by Gasteiger charge is 2.29. The molecule has 1 unspecified atom stereocenters. The molecule has 3 rings (SSSR count). The standard InChI is InChI=1S/C20H22N2O3/c1-14(22-12-11-15-7-5-6-10-17(15)13-22)19(23)21-18(20(24)25)16-8-3-2-4-9-16/h2-10,14,18H,11-13H2,1H3,(H,21,23)(H,24,25)/t14?,18-/m1/s1. The smallest absolute Gasteiger partial charge is 0.330 e. The van der Waals surface area contributed by atoms with Crippen molar-refractivity contribution in [2.24, 2.45) is 0 Å². The zero-order valence-electron chi connectivity index (χ0n) is 14.2. The third-order valence-corrected chi connectivity index (χ3v) is 4.75. The van der Waals surface area contributed by atoms with Crippen LogP contribution in [0.3, 0.4) is 0 Å². The summed E-state index contributed by atoms with van der Waals surface area (Å²) in [5.74, 6) is -1.33. The van der Waals surface area contributed by atoms with Crippen LogP contribution in [-0.4, -0.2) is 34.5 Å². The summed E-state index contributed by atoms with van der Waals surface area (Å²) < 4.78 is 0. The first kappa shape index (κ1) is 17.2. The Morgan fingerprint density at radius 2 is 1.68 bits per heavy atom. The normalized spacial score (nSPS) is 16.5. The first-order valence-electron chi connectivity index (χ1n) is 8.45. The summed E-state index contributed by atoms with van der Waals surface area (Å²) in [6, 6.07) is 15.6. The van der Waals surface area contributed by atoms with Gasteiger partial charge in [0, 0.05) is 13.1 Å². The predicted molar refractivity (Wildman–Crippen MR) is 95.0 cm³/mol. The third-order valence-electron chi connectivity index (χ3n) is 4.75. The first-order valence-corrected chi connectivity index (χ1v) is 8.45. The molecule has 0 radical (unpaired) electrons. The molecule has 2 N–H and O–H groups in total. The summed E-state index contributed by atoms with van der Waals surface area (Å²) in [5.41, 5.74) is 3.12. The highest BCUT2D eigenvalue weighted by Crippen LogP contribution is 2.21. The van der Waals surface area contributed by atoms with Crippen molar-refractivity contribution in [3.8, 4) is 0 Å². The molecule has 1 aliphatic rings. The fourth-order valence-electron chi connectivity index (χ4n) is 3.21. The molecule has 0 bridgehead atoms. The largest absolute Gasteiger partial charge is 0.479 e. The molecule has 25 heavy (non-hydrogen) atoms. The molecule has 130 valence electrons. The molecule has 1 amide bonds. The number of hydrogen-bond acceptors (Lipinski definition) is 3. The number of nitrogens with one attached hydrogen (secondary N) is 1. The molecule has 2 aromatic rings. The lowest BCUT2D eigenvalue weighted by Gasteiger charge is -2.33. The van der Waals surface area contributed by atoms with Crippen LogP contribution in [0.2, 0.25) is 0 Å². The zero-order chi connectivity index (χ0) is 17.8. The van der Waals surface area contributed by atoms with E-state index in [1.165, 1.54) is 11.1 Å². The van der Waals surface area contributed by atoms with E-state index in [-0.39, 0.29) is 11.9 Å². The van der Waals surface area contributed by atoms with Crippen LogP contribution in [0.25, 0.3) is 0 Å². The van der Waals surface area contributed by atoms with Crippen molar-refractivity contribution >= 4 is 11.9 Å². The molecule has 1 aliphatic heterocycles. The van der Waals surface area contributed by atoms with Gasteiger partial charge in [0.25, 0.3) is 0 Å². The molecule has 0 aromatic heterocycles. The van der Waals surface area contributed by atoms with Gasteiger partial charge in [-0.1, -0.05) is 54.6 Å². The van der Waals surface area contributed by atoms with E-state index < -0.39 is 12.0 Å². The summed E-state index contributed by atoms with van der Waals surface area (Å²) >= 11 is 0. The van der Waals surface area contributed by atoms with Gasteiger partial charge in [-0.15, -0.1) is 0 Å². The number of rotatable bonds is 5. The highest BCUT2D eigenvalue weighted by molar-refractivity contribution is 5.87. The van der Waals surface area contributed by atoms with Crippen LogP contribution in [0.4, 0.5) is 0 Å². The monoisotopic (exact) mass is 338 g/mol. The van der Waals surface area contributed by atoms with Crippen LogP contribution in [0.15, 0.2) is 54.6 Å². The van der Waals surface area contributed by atoms with Gasteiger partial charge in [0.15, 0.2) is 6.04 Å². The number of carbonyl (C=O) groups excluding carboxylic acids is 1. The maximum absolute atomic E-state index is 12.6. The highest BCUT2D eigenvalue weighted by atomic mass is 16.4. The number of hydrogen-bond donors (Lipinski definition) is 2. The van der Waals surface area contributed by atoms with Crippen molar-refractivity contribution in [2.75, 3.05) is 6.54 Å². The van der Waals surface area contributed by atoms with Gasteiger partial charge in [-0.3, -0.25) is 9.69 Å². The second-order valence-electron chi connectivity index (χ2n) is 6.36. The maximum Gasteiger partial charge on any atom is 0.330 e. The fraction of sp³-hybridized carbons (Fsp3) is 0.300. The van der Waals surface area contributed by atoms with Crippen LogP contribution >= 0.6 is 0 Å². The van der Waals surface area contributed by atoms with Crippen LogP contribution in [0.5, 0.6) is 0 Å². The Labute approximate surface area is 147 Å². The zero-order valence-corrected chi connectivity index (χ0v) is 14.2. The van der Waals surface area contributed by atoms with Gasteiger partial charge < -0.3 is 10.4 Å². The number of fused-ring (bicyclic) bond motifs is 1. The van der Waals surface area contributed by atoms with Crippen molar-refractivity contribution < 1.29 is 14.7 Å². The lowest BCUT2D eigenvalue weighted by molar-refractivity contribution is -0.142. The fourth-order valence-corrected chi connectivity index (χ4v) is 3.21. The minimum absolute atomic E-state index is 0.268. The average molecular weight is 338 g/mol. The van der Waals surface area contributed by atoms with Gasteiger partial charge in [0.05, 0.1) is 6.04 Å². The minimum atomic E-state index is -1.06. The van der Waals surface area contributed by atoms with Gasteiger partial charge in [-0.05, 0) is 30.0 Å². The number of carboxylic acid groups (broad SMARTS) is 1. The maximum atomic E-state index is 12.6. The van der Waals surface area contributed by atoms with Crippen LogP contribution in [0, 0.1) is 0 Å². The van der Waals surface area contributed by atoms with Gasteiger partial charge in [0.1, 0.15) is 0 Å². The van der Waals surface area contributed by atoms with Crippen molar-refractivity contribution in [3.05, 3.63) is 71.3 Å². The second kappa shape index (κ2) is 7.49.